The Balaban J connectivity index is 0.873. The third-order valence-electron chi connectivity index (χ3n) is 15.0. The van der Waals surface area contributed by atoms with E-state index in [1.165, 1.54) is 86.2 Å². The van der Waals surface area contributed by atoms with Crippen molar-refractivity contribution in [3.8, 4) is 55.6 Å². The summed E-state index contributed by atoms with van der Waals surface area (Å²) in [6.45, 7) is 0. The van der Waals surface area contributed by atoms with Crippen LogP contribution in [0.2, 0.25) is 0 Å². The zero-order valence-corrected chi connectivity index (χ0v) is 43.0. The minimum atomic E-state index is 1.07. The van der Waals surface area contributed by atoms with Gasteiger partial charge in [-0.3, -0.25) is 0 Å². The van der Waals surface area contributed by atoms with E-state index in [1.54, 1.807) is 0 Å². The Kier molecular flexibility index (Phi) is 11.8. The molecule has 1 heterocycles. The molecule has 14 rings (SSSR count). The lowest BCUT2D eigenvalue weighted by molar-refractivity contribution is 1.28. The first kappa shape index (κ1) is 45.8. The second-order valence-electron chi connectivity index (χ2n) is 19.7. The van der Waals surface area contributed by atoms with E-state index < -0.39 is 0 Å². The van der Waals surface area contributed by atoms with Crippen LogP contribution in [0.1, 0.15) is 0 Å². The fourth-order valence-corrected chi connectivity index (χ4v) is 12.4. The number of rotatable bonds is 11. The van der Waals surface area contributed by atoms with Crippen LogP contribution in [0.5, 0.6) is 0 Å². The van der Waals surface area contributed by atoms with E-state index in [2.05, 4.69) is 313 Å². The summed E-state index contributed by atoms with van der Waals surface area (Å²) < 4.78 is 2.62. The molecule has 0 atom stereocenters. The van der Waals surface area contributed by atoms with E-state index >= 15 is 0 Å². The SMILES string of the molecule is c1ccc(-c2cccc(N(c3ccc(-c4cccc5sc6ccc7ccccc7c6c45)cc3)c3cccc(-c4cccc(N(c5cccc(-c6ccccc6)c5)c5ccc6cc(-c7ccccc7)ccc6c5)c4)c3)c2)cc1. The molecule has 0 N–H and O–H groups in total. The van der Waals surface area contributed by atoms with E-state index in [-0.39, 0.29) is 0 Å². The largest absolute Gasteiger partial charge is 0.310 e. The van der Waals surface area contributed by atoms with Gasteiger partial charge >= 0.3 is 0 Å². The van der Waals surface area contributed by atoms with Crippen molar-refractivity contribution < 1.29 is 0 Å². The minimum absolute atomic E-state index is 1.07. The lowest BCUT2D eigenvalue weighted by atomic mass is 9.96. The van der Waals surface area contributed by atoms with Crippen LogP contribution in [-0.2, 0) is 0 Å². The van der Waals surface area contributed by atoms with Gasteiger partial charge in [-0.05, 0) is 168 Å². The highest BCUT2D eigenvalue weighted by Crippen LogP contribution is 2.46. The smallest absolute Gasteiger partial charge is 0.0468 e. The van der Waals surface area contributed by atoms with Gasteiger partial charge in [0.1, 0.15) is 0 Å². The number of hydrogen-bond acceptors (Lipinski definition) is 3. The number of hydrogen-bond donors (Lipinski definition) is 0. The van der Waals surface area contributed by atoms with Gasteiger partial charge in [-0.25, -0.2) is 0 Å². The monoisotopic (exact) mass is 998 g/mol. The maximum absolute atomic E-state index is 2.40. The number of benzene rings is 13. The van der Waals surface area contributed by atoms with Crippen molar-refractivity contribution in [1.29, 1.82) is 0 Å². The van der Waals surface area contributed by atoms with E-state index in [1.807, 2.05) is 11.3 Å². The molecule has 0 saturated carbocycles. The molecule has 3 heteroatoms. The summed E-state index contributed by atoms with van der Waals surface area (Å²) in [5.41, 5.74) is 18.3. The maximum atomic E-state index is 2.40. The third-order valence-corrected chi connectivity index (χ3v) is 16.1. The van der Waals surface area contributed by atoms with Crippen molar-refractivity contribution >= 4 is 87.2 Å². The molecule has 0 radical (unpaired) electrons. The Hall–Kier alpha value is -9.80. The van der Waals surface area contributed by atoms with Gasteiger partial charge in [-0.15, -0.1) is 11.3 Å². The Bertz CT molecular complexity index is 4450. The molecule has 0 saturated heterocycles. The molecule has 0 aliphatic rings. The average Bonchev–Trinajstić information content (AvgIpc) is 3.93. The molecule has 0 aliphatic carbocycles. The van der Waals surface area contributed by atoms with E-state index in [0.29, 0.717) is 0 Å². The fourth-order valence-electron chi connectivity index (χ4n) is 11.3. The van der Waals surface area contributed by atoms with Crippen LogP contribution in [0.3, 0.4) is 0 Å². The van der Waals surface area contributed by atoms with Crippen LogP contribution in [-0.4, -0.2) is 0 Å². The van der Waals surface area contributed by atoms with Gasteiger partial charge in [0.05, 0.1) is 0 Å². The molecule has 1 aromatic heterocycles. The molecule has 0 fully saturated rings. The summed E-state index contributed by atoms with van der Waals surface area (Å²) in [5.74, 6) is 0. The summed E-state index contributed by atoms with van der Waals surface area (Å²) in [6.07, 6.45) is 0. The van der Waals surface area contributed by atoms with Crippen LogP contribution < -0.4 is 9.80 Å². The summed E-state index contributed by atoms with van der Waals surface area (Å²) in [4.78, 5) is 4.80. The number of thiophene rings is 1. The first-order chi connectivity index (χ1) is 38.1. The van der Waals surface area contributed by atoms with Crippen molar-refractivity contribution in [3.05, 3.63) is 303 Å². The molecular formula is C74H50N2S. The van der Waals surface area contributed by atoms with Crippen LogP contribution in [0.15, 0.2) is 303 Å². The van der Waals surface area contributed by atoms with Crippen molar-refractivity contribution in [1.82, 2.24) is 0 Å². The van der Waals surface area contributed by atoms with Crippen LogP contribution in [0.4, 0.5) is 34.1 Å². The molecule has 0 amide bonds. The topological polar surface area (TPSA) is 6.48 Å². The van der Waals surface area contributed by atoms with Crippen LogP contribution in [0.25, 0.3) is 97.4 Å². The van der Waals surface area contributed by atoms with Gasteiger partial charge in [0.2, 0.25) is 0 Å². The van der Waals surface area contributed by atoms with Crippen LogP contribution in [0, 0.1) is 0 Å². The standard InChI is InChI=1S/C74H50N2S/c1-4-17-51(18-5-1)56-24-12-28-64(46-56)75(63-41-37-55(38-42-63)70-33-16-34-71-73(70)74-69-32-11-10-23-54(69)40-44-72(74)77-71)65-29-14-26-58(48-65)59-27-15-31-67(49-59)76(66-30-13-25-57(47-66)52-19-6-2-7-20-52)68-43-39-61-45-60(35-36-62(61)50-68)53-21-8-3-9-22-53/h1-50H. The Morgan fingerprint density at radius 1 is 0.208 bits per heavy atom. The molecule has 0 spiro atoms. The van der Waals surface area contributed by atoms with E-state index in [0.717, 1.165) is 45.3 Å². The van der Waals surface area contributed by atoms with Crippen LogP contribution >= 0.6 is 11.3 Å². The Morgan fingerprint density at radius 3 is 1.17 bits per heavy atom. The quantitative estimate of drug-likeness (QED) is 0.127. The average molecular weight is 999 g/mol. The van der Waals surface area contributed by atoms with Crippen molar-refractivity contribution in [2.45, 2.75) is 0 Å². The molecule has 0 aliphatic heterocycles. The van der Waals surface area contributed by atoms with E-state index in [9.17, 15) is 0 Å². The zero-order valence-electron chi connectivity index (χ0n) is 42.2. The lowest BCUT2D eigenvalue weighted by Crippen LogP contribution is -2.11. The number of nitrogens with zero attached hydrogens (tertiary/aromatic N) is 2. The Morgan fingerprint density at radius 2 is 0.597 bits per heavy atom. The zero-order chi connectivity index (χ0) is 51.1. The predicted molar refractivity (Wildman–Crippen MR) is 331 cm³/mol. The second-order valence-corrected chi connectivity index (χ2v) is 20.8. The van der Waals surface area contributed by atoms with E-state index in [4.69, 9.17) is 0 Å². The lowest BCUT2D eigenvalue weighted by Gasteiger charge is -2.28. The van der Waals surface area contributed by atoms with Gasteiger partial charge in [0, 0.05) is 54.3 Å². The maximum Gasteiger partial charge on any atom is 0.0468 e. The van der Waals surface area contributed by atoms with Gasteiger partial charge in [0.15, 0.2) is 0 Å². The summed E-state index contributed by atoms with van der Waals surface area (Å²) in [6, 6.07) is 111. The Labute approximate surface area is 453 Å². The molecule has 362 valence electrons. The first-order valence-electron chi connectivity index (χ1n) is 26.3. The molecular weight excluding hydrogens is 949 g/mol. The van der Waals surface area contributed by atoms with Crippen molar-refractivity contribution in [3.63, 3.8) is 0 Å². The fraction of sp³-hybridized carbons (Fsp3) is 0. The molecule has 77 heavy (non-hydrogen) atoms. The van der Waals surface area contributed by atoms with Gasteiger partial charge in [0.25, 0.3) is 0 Å². The molecule has 0 bridgehead atoms. The van der Waals surface area contributed by atoms with Gasteiger partial charge in [-0.2, -0.15) is 0 Å². The highest BCUT2D eigenvalue weighted by molar-refractivity contribution is 7.26. The highest BCUT2D eigenvalue weighted by Gasteiger charge is 2.20. The summed E-state index contributed by atoms with van der Waals surface area (Å²) in [5, 5.41) is 7.61. The third kappa shape index (κ3) is 8.79. The summed E-state index contributed by atoms with van der Waals surface area (Å²) >= 11 is 1.88. The predicted octanol–water partition coefficient (Wildman–Crippen LogP) is 21.6. The van der Waals surface area contributed by atoms with Gasteiger partial charge in [-0.1, -0.05) is 212 Å². The highest BCUT2D eigenvalue weighted by atomic mass is 32.1. The van der Waals surface area contributed by atoms with Gasteiger partial charge < -0.3 is 9.80 Å². The summed E-state index contributed by atoms with van der Waals surface area (Å²) in [7, 11) is 0. The molecule has 0 unspecified atom stereocenters. The number of anilines is 6. The molecule has 13 aromatic carbocycles. The normalized spacial score (nSPS) is 11.4. The minimum Gasteiger partial charge on any atom is -0.310 e. The molecule has 2 nitrogen and oxygen atoms in total. The molecule has 14 aromatic rings. The van der Waals surface area contributed by atoms with Crippen molar-refractivity contribution in [2.75, 3.05) is 9.80 Å². The number of fused-ring (bicyclic) bond motifs is 6. The first-order valence-corrected chi connectivity index (χ1v) is 27.1. The van der Waals surface area contributed by atoms with Crippen molar-refractivity contribution in [2.24, 2.45) is 0 Å². The second kappa shape index (κ2) is 19.8.